The van der Waals surface area contributed by atoms with E-state index in [1.807, 2.05) is 0 Å². The molecule has 21 heavy (non-hydrogen) atoms. The average molecular weight is 348 g/mol. The van der Waals surface area contributed by atoms with Crippen molar-refractivity contribution in [3.05, 3.63) is 6.07 Å². The van der Waals surface area contributed by atoms with Crippen molar-refractivity contribution in [1.29, 1.82) is 0 Å². The molecule has 116 valence electrons. The van der Waals surface area contributed by atoms with Crippen molar-refractivity contribution in [2.75, 3.05) is 27.1 Å². The first-order chi connectivity index (χ1) is 10.2. The Morgan fingerprint density at radius 1 is 1.33 bits per heavy atom. The molecule has 2 rings (SSSR count). The number of methoxy groups -OCH3 is 3. The van der Waals surface area contributed by atoms with Crippen LogP contribution in [-0.2, 0) is 9.53 Å². The van der Waals surface area contributed by atoms with Crippen molar-refractivity contribution in [2.45, 2.75) is 22.1 Å². The zero-order chi connectivity index (χ0) is 15.2. The van der Waals surface area contributed by atoms with E-state index in [2.05, 4.69) is 9.97 Å². The smallest absolute Gasteiger partial charge is 0.320 e. The SMILES string of the molecule is COC(=O)C(Sc1nc(OC)cc(OC)n1)C1CCSS1. The maximum atomic E-state index is 12.0. The van der Waals surface area contributed by atoms with Crippen LogP contribution < -0.4 is 9.47 Å². The predicted molar refractivity (Wildman–Crippen MR) is 85.3 cm³/mol. The number of esters is 1. The molecule has 9 heteroatoms. The van der Waals surface area contributed by atoms with Gasteiger partial charge in [-0.1, -0.05) is 33.3 Å². The highest BCUT2D eigenvalue weighted by Gasteiger charge is 2.34. The molecule has 0 spiro atoms. The fraction of sp³-hybridized carbons (Fsp3) is 0.583. The van der Waals surface area contributed by atoms with Gasteiger partial charge in [0.1, 0.15) is 5.25 Å². The Morgan fingerprint density at radius 3 is 2.48 bits per heavy atom. The molecule has 1 fully saturated rings. The van der Waals surface area contributed by atoms with E-state index in [0.717, 1.165) is 12.2 Å². The first-order valence-corrected chi connectivity index (χ1v) is 9.44. The fourth-order valence-corrected chi connectivity index (χ4v) is 6.16. The van der Waals surface area contributed by atoms with Gasteiger partial charge in [-0.2, -0.15) is 9.97 Å². The summed E-state index contributed by atoms with van der Waals surface area (Å²) in [6.07, 6.45) is 0.962. The topological polar surface area (TPSA) is 70.5 Å². The molecule has 1 aromatic heterocycles. The number of rotatable bonds is 6. The molecule has 6 nitrogen and oxygen atoms in total. The van der Waals surface area contributed by atoms with Gasteiger partial charge in [-0.25, -0.2) is 0 Å². The molecule has 0 radical (unpaired) electrons. The molecule has 1 saturated heterocycles. The van der Waals surface area contributed by atoms with Crippen LogP contribution in [0.15, 0.2) is 11.2 Å². The minimum absolute atomic E-state index is 0.188. The monoisotopic (exact) mass is 348 g/mol. The van der Waals surface area contributed by atoms with Crippen molar-refractivity contribution in [3.8, 4) is 11.8 Å². The van der Waals surface area contributed by atoms with Crippen molar-refractivity contribution in [1.82, 2.24) is 9.97 Å². The van der Waals surface area contributed by atoms with Crippen molar-refractivity contribution in [3.63, 3.8) is 0 Å². The Morgan fingerprint density at radius 2 is 2.00 bits per heavy atom. The third kappa shape index (κ3) is 4.33. The first-order valence-electron chi connectivity index (χ1n) is 6.17. The summed E-state index contributed by atoms with van der Waals surface area (Å²) in [6.45, 7) is 0. The van der Waals surface area contributed by atoms with Gasteiger partial charge in [-0.15, -0.1) is 0 Å². The Bertz CT molecular complexity index is 475. The van der Waals surface area contributed by atoms with Gasteiger partial charge in [0.25, 0.3) is 0 Å². The second-order valence-electron chi connectivity index (χ2n) is 4.04. The third-order valence-electron chi connectivity index (χ3n) is 2.76. The van der Waals surface area contributed by atoms with E-state index >= 15 is 0 Å². The molecular weight excluding hydrogens is 332 g/mol. The molecule has 0 bridgehead atoms. The van der Waals surface area contributed by atoms with E-state index < -0.39 is 0 Å². The van der Waals surface area contributed by atoms with Gasteiger partial charge in [-0.05, 0) is 6.42 Å². The summed E-state index contributed by atoms with van der Waals surface area (Å²) >= 11 is 1.29. The molecule has 0 aromatic carbocycles. The molecule has 0 saturated carbocycles. The van der Waals surface area contributed by atoms with Crippen LogP contribution in [0.5, 0.6) is 11.8 Å². The summed E-state index contributed by atoms with van der Waals surface area (Å²) in [7, 11) is 7.93. The highest BCUT2D eigenvalue weighted by atomic mass is 33.1. The lowest BCUT2D eigenvalue weighted by atomic mass is 10.2. The largest absolute Gasteiger partial charge is 0.481 e. The standard InChI is InChI=1S/C12H16N2O4S3/c1-16-8-6-9(17-2)14-12(13-8)20-10(11(15)18-3)7-4-5-19-21-7/h6-7,10H,4-5H2,1-3H3. The van der Waals surface area contributed by atoms with Crippen LogP contribution in [0.25, 0.3) is 0 Å². The molecule has 0 aliphatic carbocycles. The summed E-state index contributed by atoms with van der Waals surface area (Å²) in [6, 6.07) is 1.59. The number of nitrogens with zero attached hydrogens (tertiary/aromatic N) is 2. The molecule has 1 aromatic rings. The van der Waals surface area contributed by atoms with E-state index in [4.69, 9.17) is 14.2 Å². The summed E-state index contributed by atoms with van der Waals surface area (Å²) in [4.78, 5) is 20.5. The second-order valence-corrected chi connectivity index (χ2v) is 7.88. The highest BCUT2D eigenvalue weighted by Crippen LogP contribution is 2.44. The Labute approximate surface area is 135 Å². The van der Waals surface area contributed by atoms with Gasteiger partial charge in [0.15, 0.2) is 5.16 Å². The minimum atomic E-state index is -0.341. The Balaban J connectivity index is 2.20. The number of carbonyl (C=O) groups is 1. The van der Waals surface area contributed by atoms with Crippen LogP contribution in [0, 0.1) is 0 Å². The summed E-state index contributed by atoms with van der Waals surface area (Å²) in [5.41, 5.74) is 0. The zero-order valence-electron chi connectivity index (χ0n) is 11.9. The van der Waals surface area contributed by atoms with E-state index in [9.17, 15) is 4.79 Å². The summed E-state index contributed by atoms with van der Waals surface area (Å²) in [5.74, 6) is 1.58. The molecule has 1 aliphatic rings. The van der Waals surface area contributed by atoms with Crippen molar-refractivity contribution < 1.29 is 19.0 Å². The zero-order valence-corrected chi connectivity index (χ0v) is 14.3. The minimum Gasteiger partial charge on any atom is -0.481 e. The highest BCUT2D eigenvalue weighted by molar-refractivity contribution is 8.77. The Kier molecular flexibility index (Phi) is 6.31. The normalized spacial score (nSPS) is 19.1. The molecule has 1 aliphatic heterocycles. The van der Waals surface area contributed by atoms with Crippen LogP contribution in [0.4, 0.5) is 0 Å². The lowest BCUT2D eigenvalue weighted by molar-refractivity contribution is -0.139. The maximum absolute atomic E-state index is 12.0. The molecule has 2 heterocycles. The third-order valence-corrected chi connectivity index (χ3v) is 7.04. The van der Waals surface area contributed by atoms with Gasteiger partial charge in [0.05, 0.1) is 27.4 Å². The van der Waals surface area contributed by atoms with Crippen LogP contribution in [-0.4, -0.2) is 53.5 Å². The average Bonchev–Trinajstić information content (AvgIpc) is 3.05. The van der Waals surface area contributed by atoms with Crippen LogP contribution in [0.3, 0.4) is 0 Å². The summed E-state index contributed by atoms with van der Waals surface area (Å²) < 4.78 is 15.2. The van der Waals surface area contributed by atoms with Gasteiger partial charge >= 0.3 is 5.97 Å². The van der Waals surface area contributed by atoms with E-state index in [0.29, 0.717) is 16.9 Å². The van der Waals surface area contributed by atoms with Crippen molar-refractivity contribution >= 4 is 39.3 Å². The molecular formula is C12H16N2O4S3. The predicted octanol–water partition coefficient (Wildman–Crippen LogP) is 2.28. The van der Waals surface area contributed by atoms with E-state index in [-0.39, 0.29) is 16.5 Å². The first kappa shape index (κ1) is 16.6. The number of hydrogen-bond donors (Lipinski definition) is 0. The van der Waals surface area contributed by atoms with Gasteiger partial charge in [-0.3, -0.25) is 4.79 Å². The van der Waals surface area contributed by atoms with E-state index in [1.54, 1.807) is 27.7 Å². The number of carbonyl (C=O) groups excluding carboxylic acids is 1. The number of hydrogen-bond acceptors (Lipinski definition) is 9. The number of aromatic nitrogens is 2. The second kappa shape index (κ2) is 8.00. The number of thioether (sulfide) groups is 1. The molecule has 0 N–H and O–H groups in total. The van der Waals surface area contributed by atoms with Gasteiger partial charge in [0, 0.05) is 11.0 Å². The van der Waals surface area contributed by atoms with Crippen LogP contribution in [0.1, 0.15) is 6.42 Å². The summed E-state index contributed by atoms with van der Waals surface area (Å²) in [5, 5.41) is 0.291. The van der Waals surface area contributed by atoms with Crippen LogP contribution in [0.2, 0.25) is 0 Å². The maximum Gasteiger partial charge on any atom is 0.320 e. The lowest BCUT2D eigenvalue weighted by Gasteiger charge is -2.18. The lowest BCUT2D eigenvalue weighted by Crippen LogP contribution is -2.29. The van der Waals surface area contributed by atoms with Crippen molar-refractivity contribution in [2.24, 2.45) is 0 Å². The van der Waals surface area contributed by atoms with Gasteiger partial charge in [0.2, 0.25) is 11.8 Å². The Hall–Kier alpha value is -0.800. The van der Waals surface area contributed by atoms with Crippen LogP contribution >= 0.6 is 33.3 Å². The molecule has 2 unspecified atom stereocenters. The number of ether oxygens (including phenoxy) is 3. The fourth-order valence-electron chi connectivity index (χ4n) is 1.70. The van der Waals surface area contributed by atoms with Gasteiger partial charge < -0.3 is 14.2 Å². The quantitative estimate of drug-likeness (QED) is 0.333. The van der Waals surface area contributed by atoms with E-state index in [1.165, 1.54) is 33.1 Å². The molecule has 2 atom stereocenters. The molecule has 0 amide bonds.